The Labute approximate surface area is 104 Å². The van der Waals surface area contributed by atoms with Crippen LogP contribution in [0.3, 0.4) is 0 Å². The molecule has 2 rings (SSSR count). The molecule has 1 heterocycles. The van der Waals surface area contributed by atoms with E-state index in [1.54, 1.807) is 0 Å². The monoisotopic (exact) mass is 234 g/mol. The number of benzene rings is 1. The van der Waals surface area contributed by atoms with Gasteiger partial charge in [-0.25, -0.2) is 0 Å². The number of hydrogen-bond donors (Lipinski definition) is 1. The molecule has 2 atom stereocenters. The molecule has 0 bridgehead atoms. The molecule has 1 saturated heterocycles. The van der Waals surface area contributed by atoms with Gasteiger partial charge in [0.15, 0.2) is 0 Å². The van der Waals surface area contributed by atoms with Crippen molar-refractivity contribution in [1.82, 2.24) is 0 Å². The van der Waals surface area contributed by atoms with Crippen molar-refractivity contribution in [2.45, 2.75) is 50.7 Å². The van der Waals surface area contributed by atoms with Crippen LogP contribution in [0.2, 0.25) is 0 Å². The topological polar surface area (TPSA) is 29.5 Å². The van der Waals surface area contributed by atoms with E-state index in [2.05, 4.69) is 12.1 Å². The largest absolute Gasteiger partial charge is 0.393 e. The minimum absolute atomic E-state index is 0.224. The van der Waals surface area contributed by atoms with E-state index in [0.29, 0.717) is 0 Å². The van der Waals surface area contributed by atoms with Gasteiger partial charge in [0.05, 0.1) is 12.2 Å². The molecular formula is C15H22O2. The lowest BCUT2D eigenvalue weighted by atomic mass is 9.99. The van der Waals surface area contributed by atoms with Gasteiger partial charge in [-0.1, -0.05) is 30.3 Å². The van der Waals surface area contributed by atoms with Crippen LogP contribution in [0.15, 0.2) is 30.3 Å². The van der Waals surface area contributed by atoms with Crippen LogP contribution in [-0.2, 0) is 11.2 Å². The first-order valence-corrected chi connectivity index (χ1v) is 6.68. The average molecular weight is 234 g/mol. The normalized spacial score (nSPS) is 22.3. The molecule has 94 valence electrons. The van der Waals surface area contributed by atoms with Crippen molar-refractivity contribution in [3.05, 3.63) is 35.9 Å². The third-order valence-corrected chi connectivity index (χ3v) is 3.42. The highest BCUT2D eigenvalue weighted by atomic mass is 16.5. The second-order valence-corrected chi connectivity index (χ2v) is 4.90. The Balaban J connectivity index is 1.68. The summed E-state index contributed by atoms with van der Waals surface area (Å²) in [5.74, 6) is 0. The van der Waals surface area contributed by atoms with Crippen molar-refractivity contribution in [3.8, 4) is 0 Å². The van der Waals surface area contributed by atoms with Crippen LogP contribution in [0, 0.1) is 0 Å². The van der Waals surface area contributed by atoms with E-state index in [4.69, 9.17) is 4.74 Å². The number of hydrogen-bond acceptors (Lipinski definition) is 2. The summed E-state index contributed by atoms with van der Waals surface area (Å²) in [6, 6.07) is 10.3. The Kier molecular flexibility index (Phi) is 5.02. The van der Waals surface area contributed by atoms with Gasteiger partial charge in [-0.2, -0.15) is 0 Å². The van der Waals surface area contributed by atoms with Crippen molar-refractivity contribution in [1.29, 1.82) is 0 Å². The minimum Gasteiger partial charge on any atom is -0.393 e. The molecular weight excluding hydrogens is 212 g/mol. The standard InChI is InChI=1S/C15H22O2/c16-14(12-15-8-4-5-11-17-15)10-9-13-6-2-1-3-7-13/h1-3,6-7,14-16H,4-5,8-12H2. The minimum atomic E-state index is -0.224. The summed E-state index contributed by atoms with van der Waals surface area (Å²) in [6.07, 6.45) is 6.19. The Morgan fingerprint density at radius 3 is 2.76 bits per heavy atom. The molecule has 1 fully saturated rings. The summed E-state index contributed by atoms with van der Waals surface area (Å²) in [5.41, 5.74) is 1.30. The molecule has 1 N–H and O–H groups in total. The molecule has 0 amide bonds. The first kappa shape index (κ1) is 12.6. The zero-order chi connectivity index (χ0) is 11.9. The summed E-state index contributed by atoms with van der Waals surface area (Å²) in [6.45, 7) is 0.871. The van der Waals surface area contributed by atoms with Crippen LogP contribution in [-0.4, -0.2) is 23.9 Å². The van der Waals surface area contributed by atoms with Gasteiger partial charge in [0.1, 0.15) is 0 Å². The van der Waals surface area contributed by atoms with Crippen LogP contribution in [0.5, 0.6) is 0 Å². The highest BCUT2D eigenvalue weighted by Crippen LogP contribution is 2.18. The lowest BCUT2D eigenvalue weighted by molar-refractivity contribution is -0.0162. The Morgan fingerprint density at radius 1 is 1.24 bits per heavy atom. The van der Waals surface area contributed by atoms with Gasteiger partial charge in [-0.15, -0.1) is 0 Å². The molecule has 1 aliphatic rings. The van der Waals surface area contributed by atoms with E-state index in [1.807, 2.05) is 18.2 Å². The third-order valence-electron chi connectivity index (χ3n) is 3.42. The summed E-state index contributed by atoms with van der Waals surface area (Å²) < 4.78 is 5.64. The molecule has 0 saturated carbocycles. The van der Waals surface area contributed by atoms with E-state index in [9.17, 15) is 5.11 Å². The summed E-state index contributed by atoms with van der Waals surface area (Å²) >= 11 is 0. The molecule has 1 aromatic carbocycles. The zero-order valence-electron chi connectivity index (χ0n) is 10.3. The van der Waals surface area contributed by atoms with Crippen molar-refractivity contribution in [3.63, 3.8) is 0 Å². The van der Waals surface area contributed by atoms with Crippen molar-refractivity contribution >= 4 is 0 Å². The quantitative estimate of drug-likeness (QED) is 0.848. The summed E-state index contributed by atoms with van der Waals surface area (Å²) in [4.78, 5) is 0. The van der Waals surface area contributed by atoms with Gasteiger partial charge in [-0.3, -0.25) is 0 Å². The SMILES string of the molecule is OC(CCc1ccccc1)CC1CCCCO1. The molecule has 0 aromatic heterocycles. The van der Waals surface area contributed by atoms with Crippen LogP contribution < -0.4 is 0 Å². The molecule has 17 heavy (non-hydrogen) atoms. The Morgan fingerprint density at radius 2 is 2.06 bits per heavy atom. The van der Waals surface area contributed by atoms with E-state index >= 15 is 0 Å². The maximum Gasteiger partial charge on any atom is 0.0599 e. The lowest BCUT2D eigenvalue weighted by Crippen LogP contribution is -2.24. The van der Waals surface area contributed by atoms with Crippen molar-refractivity contribution in [2.24, 2.45) is 0 Å². The smallest absolute Gasteiger partial charge is 0.0599 e. The summed E-state index contributed by atoms with van der Waals surface area (Å²) in [7, 11) is 0. The third kappa shape index (κ3) is 4.49. The Hall–Kier alpha value is -0.860. The molecule has 2 unspecified atom stereocenters. The summed E-state index contributed by atoms with van der Waals surface area (Å²) in [5, 5.41) is 9.98. The second-order valence-electron chi connectivity index (χ2n) is 4.90. The predicted molar refractivity (Wildman–Crippen MR) is 69.0 cm³/mol. The Bertz CT molecular complexity index is 304. The van der Waals surface area contributed by atoms with Crippen LogP contribution >= 0.6 is 0 Å². The average Bonchev–Trinajstić information content (AvgIpc) is 2.39. The number of aliphatic hydroxyl groups excluding tert-OH is 1. The first-order chi connectivity index (χ1) is 8.34. The van der Waals surface area contributed by atoms with Gasteiger partial charge >= 0.3 is 0 Å². The van der Waals surface area contributed by atoms with Crippen LogP contribution in [0.4, 0.5) is 0 Å². The first-order valence-electron chi connectivity index (χ1n) is 6.68. The fraction of sp³-hybridized carbons (Fsp3) is 0.600. The molecule has 0 spiro atoms. The second kappa shape index (κ2) is 6.77. The van der Waals surface area contributed by atoms with Crippen molar-refractivity contribution in [2.75, 3.05) is 6.61 Å². The predicted octanol–water partition coefficient (Wildman–Crippen LogP) is 2.94. The highest BCUT2D eigenvalue weighted by molar-refractivity contribution is 5.14. The fourth-order valence-corrected chi connectivity index (χ4v) is 2.39. The maximum absolute atomic E-state index is 9.98. The van der Waals surface area contributed by atoms with Gasteiger partial charge < -0.3 is 9.84 Å². The van der Waals surface area contributed by atoms with E-state index in [1.165, 1.54) is 18.4 Å². The van der Waals surface area contributed by atoms with Crippen molar-refractivity contribution < 1.29 is 9.84 Å². The molecule has 0 radical (unpaired) electrons. The molecule has 2 nitrogen and oxygen atoms in total. The van der Waals surface area contributed by atoms with E-state index < -0.39 is 0 Å². The van der Waals surface area contributed by atoms with Gasteiger partial charge in [0, 0.05) is 6.61 Å². The molecule has 1 aromatic rings. The lowest BCUT2D eigenvalue weighted by Gasteiger charge is -2.24. The molecule has 1 aliphatic heterocycles. The maximum atomic E-state index is 9.98. The van der Waals surface area contributed by atoms with E-state index in [0.717, 1.165) is 32.3 Å². The zero-order valence-corrected chi connectivity index (χ0v) is 10.3. The fourth-order valence-electron chi connectivity index (χ4n) is 2.39. The van der Waals surface area contributed by atoms with Gasteiger partial charge in [-0.05, 0) is 44.1 Å². The number of rotatable bonds is 5. The van der Waals surface area contributed by atoms with Gasteiger partial charge in [0.2, 0.25) is 0 Å². The van der Waals surface area contributed by atoms with E-state index in [-0.39, 0.29) is 12.2 Å². The number of aryl methyl sites for hydroxylation is 1. The van der Waals surface area contributed by atoms with Crippen LogP contribution in [0.25, 0.3) is 0 Å². The van der Waals surface area contributed by atoms with Crippen LogP contribution in [0.1, 0.15) is 37.7 Å². The number of aliphatic hydroxyl groups is 1. The number of ether oxygens (including phenoxy) is 1. The molecule has 2 heteroatoms. The van der Waals surface area contributed by atoms with Gasteiger partial charge in [0.25, 0.3) is 0 Å². The molecule has 0 aliphatic carbocycles. The highest BCUT2D eigenvalue weighted by Gasteiger charge is 2.17.